The normalized spacial score (nSPS) is 0. The van der Waals surface area contributed by atoms with E-state index >= 15 is 0 Å². The summed E-state index contributed by atoms with van der Waals surface area (Å²) in [7, 11) is 0. The minimum Gasteiger partial charge on any atom is 0 e. The third-order valence-corrected chi connectivity index (χ3v) is 0. The molecular weight excluding hydrogens is 681 g/mol. The van der Waals surface area contributed by atoms with Crippen LogP contribution in [-0.4, -0.2) is 35.2 Å². The molecule has 0 aliphatic rings. The summed E-state index contributed by atoms with van der Waals surface area (Å²) < 4.78 is 0. The van der Waals surface area contributed by atoms with Gasteiger partial charge in [-0.15, -0.1) is 0 Å². The first-order valence-electron chi connectivity index (χ1n) is 0. The van der Waals surface area contributed by atoms with Gasteiger partial charge in [0.25, 0.3) is 0 Å². The second-order valence-corrected chi connectivity index (χ2v) is 0. The van der Waals surface area contributed by atoms with Crippen molar-refractivity contribution in [3.63, 3.8) is 0 Å². The van der Waals surface area contributed by atoms with Gasteiger partial charge in [-0.1, -0.05) is 0 Å². The van der Waals surface area contributed by atoms with Gasteiger partial charge in [0.2, 0.25) is 0 Å². The van der Waals surface area contributed by atoms with E-state index in [0.717, 1.165) is 0 Å². The van der Waals surface area contributed by atoms with Crippen LogP contribution in [0, 0.1) is 0 Å². The van der Waals surface area contributed by atoms with Crippen LogP contribution in [0.4, 0.5) is 0 Å². The third-order valence-electron chi connectivity index (χ3n) is 0. The van der Waals surface area contributed by atoms with Crippen molar-refractivity contribution >= 4 is 35.2 Å². The molecule has 0 N–H and O–H groups in total. The van der Waals surface area contributed by atoms with Gasteiger partial charge in [0.1, 0.15) is 0 Å². The monoisotopic (exact) mass is 696 g/mol. The maximum atomic E-state index is 0. The number of hydrogen-bond donors (Lipinski definition) is 0. The van der Waals surface area contributed by atoms with Crippen LogP contribution < -0.4 is 0 Å². The first-order chi connectivity index (χ1) is 0. The number of rotatable bonds is 0. The zero-order valence-electron chi connectivity index (χ0n) is 1.50. The molecule has 0 unspecified atom stereocenters. The Morgan fingerprint density at radius 2 is 0.400 bits per heavy atom. The van der Waals surface area contributed by atoms with Crippen LogP contribution in [0.15, 0.2) is 0 Å². The number of hydrogen-bond acceptors (Lipinski definition) is 0. The molecule has 0 saturated carbocycles. The Morgan fingerprint density at radius 3 is 0.400 bits per heavy atom. The zero-order chi connectivity index (χ0) is 0. The molecule has 0 aliphatic carbocycles. The van der Waals surface area contributed by atoms with E-state index in [1.54, 1.807) is 0 Å². The summed E-state index contributed by atoms with van der Waals surface area (Å²) in [6.07, 6.45) is 0. The second-order valence-electron chi connectivity index (χ2n) is 0. The summed E-state index contributed by atoms with van der Waals surface area (Å²) in [5.41, 5.74) is 0. The minimum atomic E-state index is 0. The molecule has 5 heteroatoms. The molecule has 0 fully saturated rings. The summed E-state index contributed by atoms with van der Waals surface area (Å²) in [5, 5.41) is 0. The molecule has 0 rings (SSSR count). The largest absolute Gasteiger partial charge is 0 e. The van der Waals surface area contributed by atoms with Crippen molar-refractivity contribution in [1.29, 1.82) is 0 Å². The summed E-state index contributed by atoms with van der Waals surface area (Å²) in [5.74, 6) is 0. The van der Waals surface area contributed by atoms with E-state index in [9.17, 15) is 0 Å². The quantitative estimate of drug-likeness (QED) is 0.240. The van der Waals surface area contributed by atoms with Crippen LogP contribution in [0.25, 0.3) is 0 Å². The van der Waals surface area contributed by atoms with Crippen molar-refractivity contribution < 1.29 is 77.5 Å². The van der Waals surface area contributed by atoms with Gasteiger partial charge in [0, 0.05) is 77.5 Å². The molecule has 0 heterocycles. The summed E-state index contributed by atoms with van der Waals surface area (Å²) in [6, 6.07) is 0. The zero-order valence-corrected chi connectivity index (χ0v) is 12.3. The molecule has 0 atom stereocenters. The molecule has 28 valence electrons. The van der Waals surface area contributed by atoms with Crippen LogP contribution in [-0.2, 0) is 77.5 Å². The van der Waals surface area contributed by atoms with E-state index in [1.165, 1.54) is 0 Å². The Balaban J connectivity index is 0. The van der Waals surface area contributed by atoms with Gasteiger partial charge < -0.3 is 0 Å². The van der Waals surface area contributed by atoms with E-state index in [-0.39, 0.29) is 113 Å². The maximum Gasteiger partial charge on any atom is 0 e. The Labute approximate surface area is 110 Å². The van der Waals surface area contributed by atoms with Gasteiger partial charge in [-0.05, 0) is 0 Å². The molecule has 0 aromatic heterocycles. The molecule has 0 amide bonds. The predicted molar refractivity (Wildman–Crippen MR) is 22.7 cm³/mol. The molecule has 0 saturated heterocycles. The minimum absolute atomic E-state index is 0. The maximum absolute atomic E-state index is 0. The molecule has 5 heavy (non-hydrogen) atoms. The van der Waals surface area contributed by atoms with Gasteiger partial charge >= 0.3 is 35.2 Å². The fourth-order valence-corrected chi connectivity index (χ4v) is 0. The average molecular weight is 689 g/mol. The molecule has 0 aromatic carbocycles. The SMILES string of the molecule is [GeH4].[GeH4].[Hf].[Hf].[Hf]. The Morgan fingerprint density at radius 1 is 0.400 bits per heavy atom. The molecule has 0 aliphatic heterocycles. The summed E-state index contributed by atoms with van der Waals surface area (Å²) in [6.45, 7) is 0. The van der Waals surface area contributed by atoms with E-state index < -0.39 is 0 Å². The van der Waals surface area contributed by atoms with Crippen LogP contribution in [0.2, 0.25) is 0 Å². The van der Waals surface area contributed by atoms with Crippen molar-refractivity contribution in [2.45, 2.75) is 0 Å². The molecule has 0 spiro atoms. The molecule has 0 nitrogen and oxygen atoms in total. The van der Waals surface area contributed by atoms with Crippen LogP contribution in [0.5, 0.6) is 0 Å². The first-order valence-corrected chi connectivity index (χ1v) is 0. The molecule has 0 radical (unpaired) electrons. The van der Waals surface area contributed by atoms with Crippen LogP contribution >= 0.6 is 0 Å². The fourth-order valence-electron chi connectivity index (χ4n) is 0. The van der Waals surface area contributed by atoms with E-state index in [2.05, 4.69) is 0 Å². The topological polar surface area (TPSA) is 0 Å². The van der Waals surface area contributed by atoms with Crippen molar-refractivity contribution in [3.05, 3.63) is 0 Å². The molecular formula is H8Ge2Hf3. The molecule has 0 bridgehead atoms. The van der Waals surface area contributed by atoms with E-state index in [4.69, 9.17) is 0 Å². The van der Waals surface area contributed by atoms with Gasteiger partial charge in [-0.2, -0.15) is 0 Å². The molecule has 0 aromatic rings. The van der Waals surface area contributed by atoms with Gasteiger partial charge in [-0.3, -0.25) is 0 Å². The third kappa shape index (κ3) is 18.3. The van der Waals surface area contributed by atoms with Gasteiger partial charge in [-0.25, -0.2) is 0 Å². The standard InChI is InChI=1S/2GeH4.3Hf/h2*1H4;;;. The van der Waals surface area contributed by atoms with Crippen molar-refractivity contribution in [3.8, 4) is 0 Å². The predicted octanol–water partition coefficient (Wildman–Crippen LogP) is -2.91. The summed E-state index contributed by atoms with van der Waals surface area (Å²) >= 11 is 0. The van der Waals surface area contributed by atoms with Crippen molar-refractivity contribution in [1.82, 2.24) is 0 Å². The van der Waals surface area contributed by atoms with Crippen molar-refractivity contribution in [2.24, 2.45) is 0 Å². The second kappa shape index (κ2) is 25.3. The Hall–Kier alpha value is 3.70. The summed E-state index contributed by atoms with van der Waals surface area (Å²) in [4.78, 5) is 0. The van der Waals surface area contributed by atoms with Crippen LogP contribution in [0.3, 0.4) is 0 Å². The Bertz CT molecular complexity index is 4.85. The van der Waals surface area contributed by atoms with E-state index in [0.29, 0.717) is 0 Å². The van der Waals surface area contributed by atoms with Crippen LogP contribution in [0.1, 0.15) is 0 Å². The average Bonchev–Trinajstić information content (AvgIpc) is 0. The van der Waals surface area contributed by atoms with E-state index in [1.807, 2.05) is 0 Å². The smallest absolute Gasteiger partial charge is 0 e. The van der Waals surface area contributed by atoms with Crippen molar-refractivity contribution in [2.75, 3.05) is 0 Å². The van der Waals surface area contributed by atoms with Gasteiger partial charge in [0.15, 0.2) is 0 Å². The Kier molecular flexibility index (Phi) is 190. The fraction of sp³-hybridized carbons (Fsp3) is 0. The first kappa shape index (κ1) is 37.7. The van der Waals surface area contributed by atoms with Gasteiger partial charge in [0.05, 0.1) is 0 Å².